The first kappa shape index (κ1) is 14.4. The maximum absolute atomic E-state index is 11.9. The molecule has 0 saturated carbocycles. The van der Waals surface area contributed by atoms with Gasteiger partial charge in [0.2, 0.25) is 0 Å². The van der Waals surface area contributed by atoms with Gasteiger partial charge in [-0.3, -0.25) is 5.32 Å². The molecule has 0 heterocycles. The van der Waals surface area contributed by atoms with Crippen molar-refractivity contribution in [1.82, 2.24) is 5.32 Å². The van der Waals surface area contributed by atoms with Crippen LogP contribution in [0.4, 0.5) is 13.2 Å². The lowest BCUT2D eigenvalue weighted by molar-refractivity contribution is -0.274. The average molecular weight is 257 g/mol. The van der Waals surface area contributed by atoms with Crippen LogP contribution in [-0.4, -0.2) is 11.9 Å². The van der Waals surface area contributed by atoms with Crippen molar-refractivity contribution >= 4 is 0 Å². The van der Waals surface area contributed by atoms with E-state index in [-0.39, 0.29) is 5.75 Å². The fourth-order valence-corrected chi connectivity index (χ4v) is 1.18. The minimum atomic E-state index is -4.66. The SMILES string of the molecule is C#CC(C)(C)NCc1ccc(OC(F)(F)F)cc1. The van der Waals surface area contributed by atoms with Crippen molar-refractivity contribution in [3.05, 3.63) is 29.8 Å². The van der Waals surface area contributed by atoms with Crippen molar-refractivity contribution in [2.24, 2.45) is 0 Å². The van der Waals surface area contributed by atoms with Crippen LogP contribution in [0.2, 0.25) is 0 Å². The molecule has 0 fully saturated rings. The summed E-state index contributed by atoms with van der Waals surface area (Å²) >= 11 is 0. The molecule has 0 aliphatic carbocycles. The summed E-state index contributed by atoms with van der Waals surface area (Å²) in [6, 6.07) is 5.65. The summed E-state index contributed by atoms with van der Waals surface area (Å²) in [5, 5.41) is 3.09. The van der Waals surface area contributed by atoms with Crippen LogP contribution in [-0.2, 0) is 6.54 Å². The Morgan fingerprint density at radius 2 is 1.78 bits per heavy atom. The summed E-state index contributed by atoms with van der Waals surface area (Å²) in [5.41, 5.74) is 0.370. The molecule has 5 heteroatoms. The van der Waals surface area contributed by atoms with E-state index in [1.54, 1.807) is 12.1 Å². The van der Waals surface area contributed by atoms with Gasteiger partial charge in [-0.15, -0.1) is 19.6 Å². The monoisotopic (exact) mass is 257 g/mol. The molecule has 0 saturated heterocycles. The molecule has 0 aromatic heterocycles. The summed E-state index contributed by atoms with van der Waals surface area (Å²) in [6.07, 6.45) is 0.645. The topological polar surface area (TPSA) is 21.3 Å². The summed E-state index contributed by atoms with van der Waals surface area (Å²) < 4.78 is 39.6. The molecule has 1 rings (SSSR count). The highest BCUT2D eigenvalue weighted by Crippen LogP contribution is 2.22. The predicted molar refractivity (Wildman–Crippen MR) is 62.9 cm³/mol. The van der Waals surface area contributed by atoms with E-state index in [4.69, 9.17) is 6.42 Å². The van der Waals surface area contributed by atoms with E-state index in [0.29, 0.717) is 6.54 Å². The zero-order valence-corrected chi connectivity index (χ0v) is 10.1. The minimum Gasteiger partial charge on any atom is -0.406 e. The number of halogens is 3. The maximum atomic E-state index is 11.9. The molecule has 0 aliphatic rings. The van der Waals surface area contributed by atoms with E-state index in [0.717, 1.165) is 5.56 Å². The van der Waals surface area contributed by atoms with E-state index >= 15 is 0 Å². The van der Waals surface area contributed by atoms with Crippen molar-refractivity contribution in [2.75, 3.05) is 0 Å². The third kappa shape index (κ3) is 5.11. The van der Waals surface area contributed by atoms with Gasteiger partial charge in [-0.25, -0.2) is 0 Å². The zero-order chi connectivity index (χ0) is 13.8. The fraction of sp³-hybridized carbons (Fsp3) is 0.385. The smallest absolute Gasteiger partial charge is 0.406 e. The number of rotatable bonds is 4. The van der Waals surface area contributed by atoms with Gasteiger partial charge in [0.15, 0.2) is 0 Å². The van der Waals surface area contributed by atoms with Gasteiger partial charge in [-0.05, 0) is 31.5 Å². The Bertz CT molecular complexity index is 429. The van der Waals surface area contributed by atoms with Gasteiger partial charge in [0.1, 0.15) is 5.75 Å². The Kier molecular flexibility index (Phi) is 4.25. The number of hydrogen-bond donors (Lipinski definition) is 1. The van der Waals surface area contributed by atoms with Gasteiger partial charge in [0, 0.05) is 6.54 Å². The lowest BCUT2D eigenvalue weighted by atomic mass is 10.1. The minimum absolute atomic E-state index is 0.234. The molecule has 18 heavy (non-hydrogen) atoms. The molecule has 98 valence electrons. The van der Waals surface area contributed by atoms with Gasteiger partial charge < -0.3 is 4.74 Å². The Morgan fingerprint density at radius 3 is 2.22 bits per heavy atom. The fourth-order valence-electron chi connectivity index (χ4n) is 1.18. The molecule has 2 nitrogen and oxygen atoms in total. The first-order chi connectivity index (χ1) is 8.22. The largest absolute Gasteiger partial charge is 0.573 e. The third-order valence-electron chi connectivity index (χ3n) is 2.25. The molecule has 1 aromatic rings. The molecule has 0 unspecified atom stereocenters. The van der Waals surface area contributed by atoms with Crippen molar-refractivity contribution < 1.29 is 17.9 Å². The Morgan fingerprint density at radius 1 is 1.22 bits per heavy atom. The lowest BCUT2D eigenvalue weighted by Gasteiger charge is -2.19. The number of ether oxygens (including phenoxy) is 1. The summed E-state index contributed by atoms with van der Waals surface area (Å²) in [5.74, 6) is 2.34. The highest BCUT2D eigenvalue weighted by Gasteiger charge is 2.30. The Hall–Kier alpha value is -1.67. The van der Waals surface area contributed by atoms with E-state index in [9.17, 15) is 13.2 Å². The number of alkyl halides is 3. The van der Waals surface area contributed by atoms with E-state index in [1.165, 1.54) is 12.1 Å². The Labute approximate surface area is 104 Å². The first-order valence-corrected chi connectivity index (χ1v) is 5.29. The van der Waals surface area contributed by atoms with Crippen molar-refractivity contribution in [2.45, 2.75) is 32.3 Å². The van der Waals surface area contributed by atoms with Crippen molar-refractivity contribution in [3.8, 4) is 18.1 Å². The maximum Gasteiger partial charge on any atom is 0.573 e. The highest BCUT2D eigenvalue weighted by molar-refractivity contribution is 5.27. The molecular weight excluding hydrogens is 243 g/mol. The number of nitrogens with one attached hydrogen (secondary N) is 1. The van der Waals surface area contributed by atoms with E-state index < -0.39 is 11.9 Å². The van der Waals surface area contributed by atoms with Gasteiger partial charge >= 0.3 is 6.36 Å². The van der Waals surface area contributed by atoms with Crippen LogP contribution in [0.1, 0.15) is 19.4 Å². The molecule has 1 N–H and O–H groups in total. The normalized spacial score (nSPS) is 12.0. The van der Waals surface area contributed by atoms with Gasteiger partial charge in [0.25, 0.3) is 0 Å². The number of hydrogen-bond acceptors (Lipinski definition) is 2. The van der Waals surface area contributed by atoms with Crippen molar-refractivity contribution in [1.29, 1.82) is 0 Å². The second-order valence-electron chi connectivity index (χ2n) is 4.31. The molecule has 0 aliphatic heterocycles. The summed E-state index contributed by atoms with van der Waals surface area (Å²) in [7, 11) is 0. The highest BCUT2D eigenvalue weighted by atomic mass is 19.4. The molecule has 0 radical (unpaired) electrons. The molecular formula is C13H14F3NO. The van der Waals surface area contributed by atoms with Gasteiger partial charge in [0.05, 0.1) is 5.54 Å². The quantitative estimate of drug-likeness (QED) is 0.837. The van der Waals surface area contributed by atoms with Crippen LogP contribution in [0.3, 0.4) is 0 Å². The number of terminal acetylenes is 1. The Balaban J connectivity index is 2.59. The van der Waals surface area contributed by atoms with E-state index in [1.807, 2.05) is 13.8 Å². The van der Waals surface area contributed by atoms with Crippen LogP contribution in [0.15, 0.2) is 24.3 Å². The van der Waals surface area contributed by atoms with Crippen LogP contribution >= 0.6 is 0 Å². The van der Waals surface area contributed by atoms with Gasteiger partial charge in [-0.1, -0.05) is 18.1 Å². The molecule has 0 bridgehead atoms. The zero-order valence-electron chi connectivity index (χ0n) is 10.1. The van der Waals surface area contributed by atoms with E-state index in [2.05, 4.69) is 16.0 Å². The van der Waals surface area contributed by atoms with Gasteiger partial charge in [-0.2, -0.15) is 0 Å². The van der Waals surface area contributed by atoms with Crippen LogP contribution in [0.5, 0.6) is 5.75 Å². The standard InChI is InChI=1S/C13H14F3NO/c1-4-12(2,3)17-9-10-5-7-11(8-6-10)18-13(14,15)16/h1,5-8,17H,9H2,2-3H3. The second-order valence-corrected chi connectivity index (χ2v) is 4.31. The van der Waals surface area contributed by atoms with Crippen LogP contribution in [0.25, 0.3) is 0 Å². The molecule has 0 spiro atoms. The molecule has 0 amide bonds. The summed E-state index contributed by atoms with van der Waals surface area (Å²) in [6.45, 7) is 4.16. The van der Waals surface area contributed by atoms with Crippen LogP contribution < -0.4 is 10.1 Å². The molecule has 0 atom stereocenters. The predicted octanol–water partition coefficient (Wildman–Crippen LogP) is 3.09. The van der Waals surface area contributed by atoms with Crippen LogP contribution in [0, 0.1) is 12.3 Å². The lowest BCUT2D eigenvalue weighted by Crippen LogP contribution is -2.36. The van der Waals surface area contributed by atoms with Crippen molar-refractivity contribution in [3.63, 3.8) is 0 Å². The first-order valence-electron chi connectivity index (χ1n) is 5.29. The molecule has 1 aromatic carbocycles. The average Bonchev–Trinajstić information content (AvgIpc) is 2.26. The second kappa shape index (κ2) is 5.32. The third-order valence-corrected chi connectivity index (χ3v) is 2.25. The number of benzene rings is 1. The summed E-state index contributed by atoms with van der Waals surface area (Å²) in [4.78, 5) is 0.